The molecule has 0 bridgehead atoms. The van der Waals surface area contributed by atoms with Gasteiger partial charge in [-0.25, -0.2) is 4.39 Å². The van der Waals surface area contributed by atoms with E-state index in [9.17, 15) is 14.0 Å². The molecule has 2 amide bonds. The minimum atomic E-state index is -0.365. The number of anilines is 2. The zero-order chi connectivity index (χ0) is 21.8. The lowest BCUT2D eigenvalue weighted by Gasteiger charge is -2.16. The molecule has 1 fully saturated rings. The molecule has 2 aromatic carbocycles. The van der Waals surface area contributed by atoms with Gasteiger partial charge >= 0.3 is 6.01 Å². The molecule has 31 heavy (non-hydrogen) atoms. The van der Waals surface area contributed by atoms with Crippen molar-refractivity contribution in [3.05, 3.63) is 65.8 Å². The minimum Gasteiger partial charge on any atom is -0.494 e. The maximum absolute atomic E-state index is 13.0. The van der Waals surface area contributed by atoms with Crippen LogP contribution in [-0.2, 0) is 16.0 Å². The monoisotopic (exact) mass is 424 g/mol. The number of nitrogens with zero attached hydrogens (tertiary/aromatic N) is 3. The number of halogens is 1. The lowest BCUT2D eigenvalue weighted by molar-refractivity contribution is -0.117. The maximum Gasteiger partial charge on any atom is 0.322 e. The first-order valence-corrected chi connectivity index (χ1v) is 9.92. The van der Waals surface area contributed by atoms with Crippen LogP contribution >= 0.6 is 0 Å². The standard InChI is InChI=1S/C22H21FN4O4/c1-2-30-18-9-7-17(8-10-18)27-13-15(12-20(27)29)21-25-26-22(31-21)24-19(28)11-14-3-5-16(23)6-4-14/h3-10,15H,2,11-13H2,1H3,(H,24,26,28)/t15-/m0/s1. The Kier molecular flexibility index (Phi) is 5.92. The third kappa shape index (κ3) is 4.88. The highest BCUT2D eigenvalue weighted by atomic mass is 19.1. The third-order valence-electron chi connectivity index (χ3n) is 4.90. The first-order chi connectivity index (χ1) is 15.0. The van der Waals surface area contributed by atoms with Crippen LogP contribution in [0.1, 0.15) is 30.7 Å². The molecule has 2 heterocycles. The molecule has 1 atom stereocenters. The fraction of sp³-hybridized carbons (Fsp3) is 0.273. The topological polar surface area (TPSA) is 97.6 Å². The summed E-state index contributed by atoms with van der Waals surface area (Å²) >= 11 is 0. The maximum atomic E-state index is 13.0. The summed E-state index contributed by atoms with van der Waals surface area (Å²) in [5.41, 5.74) is 1.43. The van der Waals surface area contributed by atoms with Gasteiger partial charge in [0, 0.05) is 18.7 Å². The van der Waals surface area contributed by atoms with E-state index in [1.165, 1.54) is 24.3 Å². The van der Waals surface area contributed by atoms with Gasteiger partial charge in [-0.05, 0) is 48.9 Å². The molecule has 1 N–H and O–H groups in total. The summed E-state index contributed by atoms with van der Waals surface area (Å²) < 4.78 is 24.0. The molecule has 3 aromatic rings. The van der Waals surface area contributed by atoms with Crippen molar-refractivity contribution in [3.63, 3.8) is 0 Å². The van der Waals surface area contributed by atoms with E-state index in [2.05, 4.69) is 15.5 Å². The molecular weight excluding hydrogens is 403 g/mol. The fourth-order valence-electron chi connectivity index (χ4n) is 3.41. The Morgan fingerprint density at radius 2 is 1.94 bits per heavy atom. The summed E-state index contributed by atoms with van der Waals surface area (Å²) in [6.07, 6.45) is 0.282. The lowest BCUT2D eigenvalue weighted by atomic mass is 10.1. The molecule has 4 rings (SSSR count). The van der Waals surface area contributed by atoms with Crippen molar-refractivity contribution < 1.29 is 23.1 Å². The molecule has 0 unspecified atom stereocenters. The van der Waals surface area contributed by atoms with Crippen LogP contribution in [0.3, 0.4) is 0 Å². The van der Waals surface area contributed by atoms with Gasteiger partial charge in [-0.1, -0.05) is 17.2 Å². The second-order valence-corrected chi connectivity index (χ2v) is 7.13. The molecular formula is C22H21FN4O4. The van der Waals surface area contributed by atoms with Crippen molar-refractivity contribution in [1.82, 2.24) is 10.2 Å². The summed E-state index contributed by atoms with van der Waals surface area (Å²) in [7, 11) is 0. The van der Waals surface area contributed by atoms with Gasteiger partial charge in [0.1, 0.15) is 11.6 Å². The molecule has 1 aliphatic heterocycles. The lowest BCUT2D eigenvalue weighted by Crippen LogP contribution is -2.24. The van der Waals surface area contributed by atoms with Crippen molar-refractivity contribution >= 4 is 23.5 Å². The summed E-state index contributed by atoms with van der Waals surface area (Å²) in [4.78, 5) is 26.3. The third-order valence-corrected chi connectivity index (χ3v) is 4.90. The van der Waals surface area contributed by atoms with E-state index in [0.717, 1.165) is 11.4 Å². The van der Waals surface area contributed by atoms with Crippen molar-refractivity contribution in [2.75, 3.05) is 23.4 Å². The molecule has 0 saturated carbocycles. The zero-order valence-electron chi connectivity index (χ0n) is 16.9. The number of benzene rings is 2. The first kappa shape index (κ1) is 20.5. The molecule has 9 heteroatoms. The molecule has 1 aliphatic rings. The number of carbonyl (C=O) groups excluding carboxylic acids is 2. The van der Waals surface area contributed by atoms with Gasteiger partial charge in [-0.2, -0.15) is 0 Å². The zero-order valence-corrected chi connectivity index (χ0v) is 16.9. The molecule has 1 aromatic heterocycles. The van der Waals surface area contributed by atoms with Crippen LogP contribution in [0, 0.1) is 5.82 Å². The number of hydrogen-bond acceptors (Lipinski definition) is 6. The molecule has 1 saturated heterocycles. The van der Waals surface area contributed by atoms with E-state index in [1.807, 2.05) is 31.2 Å². The van der Waals surface area contributed by atoms with Crippen LogP contribution < -0.4 is 15.0 Å². The minimum absolute atomic E-state index is 0.0333. The molecule has 0 aliphatic carbocycles. The molecule has 160 valence electrons. The largest absolute Gasteiger partial charge is 0.494 e. The second kappa shape index (κ2) is 8.95. The Balaban J connectivity index is 1.37. The number of carbonyl (C=O) groups is 2. The highest BCUT2D eigenvalue weighted by Crippen LogP contribution is 2.32. The Hall–Kier alpha value is -3.75. The van der Waals surface area contributed by atoms with Gasteiger partial charge in [0.15, 0.2) is 0 Å². The number of amides is 2. The molecule has 8 nitrogen and oxygen atoms in total. The Labute approximate surface area is 178 Å². The molecule has 0 spiro atoms. The Morgan fingerprint density at radius 3 is 2.65 bits per heavy atom. The van der Waals surface area contributed by atoms with E-state index in [0.29, 0.717) is 24.6 Å². The highest BCUT2D eigenvalue weighted by Gasteiger charge is 2.35. The van der Waals surface area contributed by atoms with Crippen molar-refractivity contribution in [2.45, 2.75) is 25.7 Å². The van der Waals surface area contributed by atoms with Crippen molar-refractivity contribution in [1.29, 1.82) is 0 Å². The van der Waals surface area contributed by atoms with Gasteiger partial charge in [0.2, 0.25) is 17.7 Å². The number of rotatable bonds is 7. The Morgan fingerprint density at radius 1 is 1.19 bits per heavy atom. The van der Waals surface area contributed by atoms with Gasteiger partial charge in [0.05, 0.1) is 18.9 Å². The molecule has 0 radical (unpaired) electrons. The van der Waals surface area contributed by atoms with E-state index in [4.69, 9.17) is 9.15 Å². The second-order valence-electron chi connectivity index (χ2n) is 7.13. The van der Waals surface area contributed by atoms with Crippen LogP contribution in [0.2, 0.25) is 0 Å². The van der Waals surface area contributed by atoms with Crippen LogP contribution in [0.25, 0.3) is 0 Å². The van der Waals surface area contributed by atoms with Gasteiger partial charge in [-0.15, -0.1) is 5.10 Å². The fourth-order valence-corrected chi connectivity index (χ4v) is 3.41. The summed E-state index contributed by atoms with van der Waals surface area (Å²) in [6.45, 7) is 2.88. The summed E-state index contributed by atoms with van der Waals surface area (Å²) in [6, 6.07) is 12.9. The van der Waals surface area contributed by atoms with Gasteiger partial charge < -0.3 is 14.1 Å². The van der Waals surface area contributed by atoms with Crippen LogP contribution in [-0.4, -0.2) is 35.2 Å². The highest BCUT2D eigenvalue weighted by molar-refractivity contribution is 5.96. The van der Waals surface area contributed by atoms with E-state index in [1.54, 1.807) is 4.90 Å². The Bertz CT molecular complexity index is 1070. The number of hydrogen-bond donors (Lipinski definition) is 1. The van der Waals surface area contributed by atoms with E-state index < -0.39 is 0 Å². The van der Waals surface area contributed by atoms with E-state index >= 15 is 0 Å². The predicted molar refractivity (Wildman–Crippen MR) is 110 cm³/mol. The summed E-state index contributed by atoms with van der Waals surface area (Å²) in [5, 5.41) is 10.4. The van der Waals surface area contributed by atoms with Crippen LogP contribution in [0.15, 0.2) is 52.9 Å². The van der Waals surface area contributed by atoms with Gasteiger partial charge in [0.25, 0.3) is 0 Å². The summed E-state index contributed by atoms with van der Waals surface area (Å²) in [5.74, 6) is -0.00813. The number of nitrogens with one attached hydrogen (secondary N) is 1. The van der Waals surface area contributed by atoms with Crippen molar-refractivity contribution in [2.24, 2.45) is 0 Å². The number of aromatic nitrogens is 2. The van der Waals surface area contributed by atoms with Crippen molar-refractivity contribution in [3.8, 4) is 5.75 Å². The average Bonchev–Trinajstić information content (AvgIpc) is 3.37. The SMILES string of the molecule is CCOc1ccc(N2C[C@@H](c3nnc(NC(=O)Cc4ccc(F)cc4)o3)CC2=O)cc1. The quantitative estimate of drug-likeness (QED) is 0.625. The van der Waals surface area contributed by atoms with E-state index in [-0.39, 0.29) is 42.4 Å². The van der Waals surface area contributed by atoms with Gasteiger partial charge in [-0.3, -0.25) is 14.9 Å². The normalized spacial score (nSPS) is 15.9. The first-order valence-electron chi connectivity index (χ1n) is 9.92. The van der Waals surface area contributed by atoms with Crippen LogP contribution in [0.4, 0.5) is 16.1 Å². The average molecular weight is 424 g/mol. The number of ether oxygens (including phenoxy) is 1. The van der Waals surface area contributed by atoms with Crippen LogP contribution in [0.5, 0.6) is 5.75 Å². The smallest absolute Gasteiger partial charge is 0.322 e. The predicted octanol–water partition coefficient (Wildman–Crippen LogP) is 3.31.